The number of anilines is 1. The molecular weight excluding hydrogens is 263 g/mol. The summed E-state index contributed by atoms with van der Waals surface area (Å²) < 4.78 is 13.1. The third-order valence-corrected chi connectivity index (χ3v) is 3.00. The standard InChI is InChI=1S/C14H19FN2OS/c1-2-3-4-5-6-13(18)17-12-8-7-10(15)9-11(12)14(16)19/h7-9H,2-6H2,1H3,(H2,16,19)(H,17,18). The minimum absolute atomic E-state index is 0.0702. The quantitative estimate of drug-likeness (QED) is 0.595. The largest absolute Gasteiger partial charge is 0.389 e. The molecule has 3 N–H and O–H groups in total. The first-order chi connectivity index (χ1) is 9.04. The number of hydrogen-bond donors (Lipinski definition) is 2. The second-order valence-electron chi connectivity index (χ2n) is 4.41. The fourth-order valence-corrected chi connectivity index (χ4v) is 1.92. The lowest BCUT2D eigenvalue weighted by Gasteiger charge is -2.10. The third-order valence-electron chi connectivity index (χ3n) is 2.78. The number of carbonyl (C=O) groups is 1. The van der Waals surface area contributed by atoms with E-state index in [4.69, 9.17) is 18.0 Å². The summed E-state index contributed by atoms with van der Waals surface area (Å²) in [5.41, 5.74) is 6.34. The average Bonchev–Trinajstić information content (AvgIpc) is 2.36. The number of amides is 1. The Bertz CT molecular complexity index is 463. The van der Waals surface area contributed by atoms with Crippen LogP contribution in [0.25, 0.3) is 0 Å². The summed E-state index contributed by atoms with van der Waals surface area (Å²) >= 11 is 4.84. The van der Waals surface area contributed by atoms with Gasteiger partial charge in [-0.3, -0.25) is 4.79 Å². The number of thiocarbonyl (C=S) groups is 1. The van der Waals surface area contributed by atoms with Crippen molar-refractivity contribution in [2.45, 2.75) is 39.0 Å². The second-order valence-corrected chi connectivity index (χ2v) is 4.85. The molecule has 0 saturated carbocycles. The van der Waals surface area contributed by atoms with Crippen LogP contribution in [0.2, 0.25) is 0 Å². The molecule has 0 heterocycles. The van der Waals surface area contributed by atoms with Crippen molar-refractivity contribution in [1.82, 2.24) is 0 Å². The van der Waals surface area contributed by atoms with Crippen LogP contribution in [0, 0.1) is 5.82 Å². The summed E-state index contributed by atoms with van der Waals surface area (Å²) in [6.07, 6.45) is 4.60. The molecule has 1 aromatic carbocycles. The monoisotopic (exact) mass is 282 g/mol. The van der Waals surface area contributed by atoms with Crippen molar-refractivity contribution in [3.05, 3.63) is 29.6 Å². The van der Waals surface area contributed by atoms with Crippen molar-refractivity contribution >= 4 is 28.8 Å². The van der Waals surface area contributed by atoms with E-state index in [1.54, 1.807) is 0 Å². The van der Waals surface area contributed by atoms with E-state index >= 15 is 0 Å². The maximum absolute atomic E-state index is 13.1. The summed E-state index contributed by atoms with van der Waals surface area (Å²) in [7, 11) is 0. The first-order valence-corrected chi connectivity index (χ1v) is 6.84. The van der Waals surface area contributed by atoms with E-state index in [1.807, 2.05) is 0 Å². The van der Waals surface area contributed by atoms with Gasteiger partial charge in [-0.2, -0.15) is 0 Å². The lowest BCUT2D eigenvalue weighted by Crippen LogP contribution is -2.17. The zero-order valence-electron chi connectivity index (χ0n) is 11.0. The number of nitrogens with one attached hydrogen (secondary N) is 1. The van der Waals surface area contributed by atoms with E-state index in [1.165, 1.54) is 18.2 Å². The van der Waals surface area contributed by atoms with Crippen LogP contribution in [0.3, 0.4) is 0 Å². The highest BCUT2D eigenvalue weighted by Crippen LogP contribution is 2.17. The molecule has 0 bridgehead atoms. The molecule has 0 unspecified atom stereocenters. The van der Waals surface area contributed by atoms with E-state index in [2.05, 4.69) is 12.2 Å². The molecule has 0 atom stereocenters. The SMILES string of the molecule is CCCCCCC(=O)Nc1ccc(F)cc1C(N)=S. The zero-order chi connectivity index (χ0) is 14.3. The number of halogens is 1. The number of hydrogen-bond acceptors (Lipinski definition) is 2. The van der Waals surface area contributed by atoms with Gasteiger partial charge in [0.25, 0.3) is 0 Å². The Hall–Kier alpha value is -1.49. The minimum Gasteiger partial charge on any atom is -0.389 e. The second kappa shape index (κ2) is 7.84. The topological polar surface area (TPSA) is 55.1 Å². The Morgan fingerprint density at radius 3 is 2.74 bits per heavy atom. The Balaban J connectivity index is 2.61. The summed E-state index contributed by atoms with van der Waals surface area (Å²) in [5.74, 6) is -0.524. The zero-order valence-corrected chi connectivity index (χ0v) is 11.9. The van der Waals surface area contributed by atoms with Crippen LogP contribution in [-0.4, -0.2) is 10.9 Å². The highest BCUT2D eigenvalue weighted by Gasteiger charge is 2.09. The van der Waals surface area contributed by atoms with Crippen LogP contribution >= 0.6 is 12.2 Å². The van der Waals surface area contributed by atoms with E-state index in [9.17, 15) is 9.18 Å². The molecule has 0 radical (unpaired) electrons. The molecule has 0 aliphatic carbocycles. The van der Waals surface area contributed by atoms with Crippen LogP contribution in [-0.2, 0) is 4.79 Å². The number of rotatable bonds is 7. The molecule has 1 amide bonds. The Morgan fingerprint density at radius 2 is 2.11 bits per heavy atom. The molecule has 0 aliphatic heterocycles. The fraction of sp³-hybridized carbons (Fsp3) is 0.429. The molecule has 0 fully saturated rings. The molecular formula is C14H19FN2OS. The Kier molecular flexibility index (Phi) is 6.42. The Labute approximate surface area is 118 Å². The minimum atomic E-state index is -0.427. The molecule has 0 saturated heterocycles. The van der Waals surface area contributed by atoms with E-state index in [-0.39, 0.29) is 10.9 Å². The first kappa shape index (κ1) is 15.6. The molecule has 0 aliphatic rings. The van der Waals surface area contributed by atoms with Gasteiger partial charge < -0.3 is 11.1 Å². The molecule has 0 aromatic heterocycles. The molecule has 1 aromatic rings. The van der Waals surface area contributed by atoms with Crippen molar-refractivity contribution in [2.24, 2.45) is 5.73 Å². The molecule has 5 heteroatoms. The summed E-state index contributed by atoms with van der Waals surface area (Å²) in [6, 6.07) is 3.98. The summed E-state index contributed by atoms with van der Waals surface area (Å²) in [6.45, 7) is 2.12. The van der Waals surface area contributed by atoms with E-state index in [0.29, 0.717) is 17.7 Å². The average molecular weight is 282 g/mol. The lowest BCUT2D eigenvalue weighted by molar-refractivity contribution is -0.116. The van der Waals surface area contributed by atoms with Gasteiger partial charge in [0, 0.05) is 12.0 Å². The molecule has 1 rings (SSSR count). The van der Waals surface area contributed by atoms with Gasteiger partial charge in [0.2, 0.25) is 5.91 Å². The smallest absolute Gasteiger partial charge is 0.224 e. The van der Waals surface area contributed by atoms with Gasteiger partial charge in [-0.15, -0.1) is 0 Å². The highest BCUT2D eigenvalue weighted by molar-refractivity contribution is 7.80. The van der Waals surface area contributed by atoms with Gasteiger partial charge in [0.1, 0.15) is 10.8 Å². The van der Waals surface area contributed by atoms with Crippen LogP contribution < -0.4 is 11.1 Å². The predicted octanol–water partition coefficient (Wildman–Crippen LogP) is 3.37. The van der Waals surface area contributed by atoms with Gasteiger partial charge in [-0.25, -0.2) is 4.39 Å². The number of carbonyl (C=O) groups excluding carboxylic acids is 1. The number of nitrogens with two attached hydrogens (primary N) is 1. The van der Waals surface area contributed by atoms with Gasteiger partial charge >= 0.3 is 0 Å². The van der Waals surface area contributed by atoms with Gasteiger partial charge in [0.15, 0.2) is 0 Å². The predicted molar refractivity (Wildman–Crippen MR) is 79.7 cm³/mol. The molecule has 0 spiro atoms. The lowest BCUT2D eigenvalue weighted by atomic mass is 10.1. The molecule has 3 nitrogen and oxygen atoms in total. The highest BCUT2D eigenvalue weighted by atomic mass is 32.1. The molecule has 104 valence electrons. The van der Waals surface area contributed by atoms with Crippen LogP contribution in [0.15, 0.2) is 18.2 Å². The maximum atomic E-state index is 13.1. The fourth-order valence-electron chi connectivity index (χ4n) is 1.75. The van der Waals surface area contributed by atoms with Crippen molar-refractivity contribution in [3.63, 3.8) is 0 Å². The summed E-state index contributed by atoms with van der Waals surface area (Å²) in [4.78, 5) is 11.8. The van der Waals surface area contributed by atoms with Gasteiger partial charge in [-0.05, 0) is 24.6 Å². The number of unbranched alkanes of at least 4 members (excludes halogenated alkanes) is 3. The summed E-state index contributed by atoms with van der Waals surface area (Å²) in [5, 5.41) is 2.72. The van der Waals surface area contributed by atoms with Crippen molar-refractivity contribution in [1.29, 1.82) is 0 Å². The van der Waals surface area contributed by atoms with Crippen LogP contribution in [0.5, 0.6) is 0 Å². The van der Waals surface area contributed by atoms with Gasteiger partial charge in [-0.1, -0.05) is 38.4 Å². The molecule has 19 heavy (non-hydrogen) atoms. The van der Waals surface area contributed by atoms with E-state index < -0.39 is 5.82 Å². The number of benzene rings is 1. The van der Waals surface area contributed by atoms with Crippen LogP contribution in [0.4, 0.5) is 10.1 Å². The normalized spacial score (nSPS) is 10.2. The van der Waals surface area contributed by atoms with Crippen molar-refractivity contribution < 1.29 is 9.18 Å². The van der Waals surface area contributed by atoms with Crippen molar-refractivity contribution in [3.8, 4) is 0 Å². The first-order valence-electron chi connectivity index (χ1n) is 6.43. The van der Waals surface area contributed by atoms with E-state index in [0.717, 1.165) is 25.7 Å². The van der Waals surface area contributed by atoms with Crippen LogP contribution in [0.1, 0.15) is 44.6 Å². The van der Waals surface area contributed by atoms with Crippen molar-refractivity contribution in [2.75, 3.05) is 5.32 Å². The third kappa shape index (κ3) is 5.34. The Morgan fingerprint density at radius 1 is 1.37 bits per heavy atom. The van der Waals surface area contributed by atoms with Gasteiger partial charge in [0.05, 0.1) is 5.69 Å². The maximum Gasteiger partial charge on any atom is 0.224 e.